The van der Waals surface area contributed by atoms with Crippen LogP contribution >= 0.6 is 0 Å². The summed E-state index contributed by atoms with van der Waals surface area (Å²) in [5, 5.41) is 3.66. The van der Waals surface area contributed by atoms with Gasteiger partial charge in [0, 0.05) is 25.0 Å². The maximum Gasteiger partial charge on any atom is 0.120 e. The first-order valence-corrected chi connectivity index (χ1v) is 6.61. The van der Waals surface area contributed by atoms with E-state index in [4.69, 9.17) is 9.47 Å². The smallest absolute Gasteiger partial charge is 0.120 e. The molecule has 2 heterocycles. The average molecular weight is 225 g/mol. The minimum absolute atomic E-state index is 0.0246. The van der Waals surface area contributed by atoms with E-state index in [1.54, 1.807) is 0 Å². The van der Waals surface area contributed by atoms with Gasteiger partial charge in [-0.15, -0.1) is 0 Å². The zero-order valence-electron chi connectivity index (χ0n) is 10.5. The fourth-order valence-electron chi connectivity index (χ4n) is 3.48. The molecule has 92 valence electrons. The number of nitrogens with one attached hydrogen (secondary N) is 1. The van der Waals surface area contributed by atoms with Gasteiger partial charge in [0.2, 0.25) is 0 Å². The molecule has 1 N–H and O–H groups in total. The SMILES string of the molecule is CC1(C)CNC2(CCCC2)OC12CCOC2. The van der Waals surface area contributed by atoms with Crippen LogP contribution in [0, 0.1) is 5.41 Å². The second kappa shape index (κ2) is 3.44. The molecule has 0 bridgehead atoms. The summed E-state index contributed by atoms with van der Waals surface area (Å²) < 4.78 is 12.2. The highest BCUT2D eigenvalue weighted by Crippen LogP contribution is 2.49. The van der Waals surface area contributed by atoms with Gasteiger partial charge in [-0.3, -0.25) is 5.32 Å². The van der Waals surface area contributed by atoms with Crippen LogP contribution in [0.5, 0.6) is 0 Å². The highest BCUT2D eigenvalue weighted by Gasteiger charge is 2.57. The van der Waals surface area contributed by atoms with Crippen molar-refractivity contribution in [3.63, 3.8) is 0 Å². The Morgan fingerprint density at radius 2 is 1.81 bits per heavy atom. The van der Waals surface area contributed by atoms with Crippen LogP contribution in [-0.4, -0.2) is 31.1 Å². The lowest BCUT2D eigenvalue weighted by Gasteiger charge is -2.54. The van der Waals surface area contributed by atoms with E-state index in [2.05, 4.69) is 19.2 Å². The molecule has 1 saturated carbocycles. The molecule has 2 saturated heterocycles. The van der Waals surface area contributed by atoms with E-state index in [1.807, 2.05) is 0 Å². The summed E-state index contributed by atoms with van der Waals surface area (Å²) in [5.74, 6) is 0. The van der Waals surface area contributed by atoms with E-state index in [1.165, 1.54) is 25.7 Å². The molecular weight excluding hydrogens is 202 g/mol. The number of ether oxygens (including phenoxy) is 2. The molecule has 3 fully saturated rings. The standard InChI is InChI=1S/C13H23NO2/c1-11(2)9-14-13(5-3-4-6-13)16-12(11)7-8-15-10-12/h14H,3-10H2,1-2H3. The van der Waals surface area contributed by atoms with Gasteiger partial charge >= 0.3 is 0 Å². The summed E-state index contributed by atoms with van der Waals surface area (Å²) in [6.07, 6.45) is 5.99. The minimum atomic E-state index is -0.0391. The third kappa shape index (κ3) is 1.45. The van der Waals surface area contributed by atoms with Crippen molar-refractivity contribution >= 4 is 0 Å². The van der Waals surface area contributed by atoms with Crippen molar-refractivity contribution < 1.29 is 9.47 Å². The van der Waals surface area contributed by atoms with Crippen LogP contribution in [0.2, 0.25) is 0 Å². The Bertz CT molecular complexity index is 276. The van der Waals surface area contributed by atoms with Gasteiger partial charge in [-0.2, -0.15) is 0 Å². The fourth-order valence-corrected chi connectivity index (χ4v) is 3.48. The lowest BCUT2D eigenvalue weighted by molar-refractivity contribution is -0.246. The first-order chi connectivity index (χ1) is 7.58. The molecule has 0 aromatic rings. The van der Waals surface area contributed by atoms with Crippen molar-refractivity contribution in [1.29, 1.82) is 0 Å². The highest BCUT2D eigenvalue weighted by molar-refractivity contribution is 5.06. The molecule has 1 unspecified atom stereocenters. The predicted molar refractivity (Wildman–Crippen MR) is 62.2 cm³/mol. The zero-order valence-corrected chi connectivity index (χ0v) is 10.5. The second-order valence-electron chi connectivity index (χ2n) is 6.34. The molecule has 0 radical (unpaired) electrons. The first kappa shape index (κ1) is 11.0. The maximum atomic E-state index is 6.56. The third-order valence-electron chi connectivity index (χ3n) is 4.87. The lowest BCUT2D eigenvalue weighted by Crippen LogP contribution is -2.67. The van der Waals surface area contributed by atoms with E-state index in [0.29, 0.717) is 0 Å². The Kier molecular flexibility index (Phi) is 2.36. The summed E-state index contributed by atoms with van der Waals surface area (Å²) in [4.78, 5) is 0. The van der Waals surface area contributed by atoms with Gasteiger partial charge in [0.1, 0.15) is 11.3 Å². The molecule has 0 aromatic heterocycles. The summed E-state index contributed by atoms with van der Waals surface area (Å²) in [7, 11) is 0. The van der Waals surface area contributed by atoms with Crippen LogP contribution in [-0.2, 0) is 9.47 Å². The van der Waals surface area contributed by atoms with Crippen LogP contribution in [0.15, 0.2) is 0 Å². The fraction of sp³-hybridized carbons (Fsp3) is 1.00. The van der Waals surface area contributed by atoms with Crippen LogP contribution < -0.4 is 5.32 Å². The number of hydrogen-bond donors (Lipinski definition) is 1. The summed E-state index contributed by atoms with van der Waals surface area (Å²) in [6, 6.07) is 0. The monoisotopic (exact) mass is 225 g/mol. The van der Waals surface area contributed by atoms with E-state index < -0.39 is 0 Å². The van der Waals surface area contributed by atoms with Crippen molar-refractivity contribution in [3.8, 4) is 0 Å². The van der Waals surface area contributed by atoms with Gasteiger partial charge in [-0.05, 0) is 25.7 Å². The van der Waals surface area contributed by atoms with Crippen molar-refractivity contribution in [2.24, 2.45) is 5.41 Å². The number of hydrogen-bond acceptors (Lipinski definition) is 3. The van der Waals surface area contributed by atoms with E-state index in [-0.39, 0.29) is 16.7 Å². The molecule has 0 amide bonds. The highest BCUT2D eigenvalue weighted by atomic mass is 16.6. The molecule has 2 spiro atoms. The largest absolute Gasteiger partial charge is 0.378 e. The van der Waals surface area contributed by atoms with Gasteiger partial charge in [0.25, 0.3) is 0 Å². The van der Waals surface area contributed by atoms with Gasteiger partial charge in [-0.25, -0.2) is 0 Å². The molecule has 3 aliphatic rings. The minimum Gasteiger partial charge on any atom is -0.378 e. The topological polar surface area (TPSA) is 30.5 Å². The maximum absolute atomic E-state index is 6.56. The Hall–Kier alpha value is -0.120. The number of rotatable bonds is 0. The Labute approximate surface area is 97.9 Å². The van der Waals surface area contributed by atoms with Crippen molar-refractivity contribution in [2.75, 3.05) is 19.8 Å². The van der Waals surface area contributed by atoms with Gasteiger partial charge in [0.15, 0.2) is 0 Å². The molecule has 3 heteroatoms. The second-order valence-corrected chi connectivity index (χ2v) is 6.34. The summed E-state index contributed by atoms with van der Waals surface area (Å²) >= 11 is 0. The van der Waals surface area contributed by atoms with Gasteiger partial charge in [0.05, 0.1) is 6.61 Å². The predicted octanol–water partition coefficient (Wildman–Crippen LogP) is 2.06. The van der Waals surface area contributed by atoms with Crippen LogP contribution in [0.4, 0.5) is 0 Å². The van der Waals surface area contributed by atoms with Gasteiger partial charge < -0.3 is 9.47 Å². The molecule has 2 aliphatic heterocycles. The van der Waals surface area contributed by atoms with Crippen LogP contribution in [0.25, 0.3) is 0 Å². The average Bonchev–Trinajstić information content (AvgIpc) is 2.85. The van der Waals surface area contributed by atoms with Crippen LogP contribution in [0.3, 0.4) is 0 Å². The molecule has 3 rings (SSSR count). The zero-order chi connectivity index (χ0) is 11.3. The Balaban J connectivity index is 1.87. The normalized spacial score (nSPS) is 40.9. The van der Waals surface area contributed by atoms with Gasteiger partial charge in [-0.1, -0.05) is 13.8 Å². The van der Waals surface area contributed by atoms with E-state index >= 15 is 0 Å². The molecule has 3 nitrogen and oxygen atoms in total. The van der Waals surface area contributed by atoms with Crippen LogP contribution in [0.1, 0.15) is 46.0 Å². The summed E-state index contributed by atoms with van der Waals surface area (Å²) in [5.41, 5.74) is 0.114. The van der Waals surface area contributed by atoms with Crippen molar-refractivity contribution in [1.82, 2.24) is 5.32 Å². The van der Waals surface area contributed by atoms with E-state index in [9.17, 15) is 0 Å². The third-order valence-corrected chi connectivity index (χ3v) is 4.87. The lowest BCUT2D eigenvalue weighted by atomic mass is 9.72. The molecule has 1 aliphatic carbocycles. The molecule has 16 heavy (non-hydrogen) atoms. The Morgan fingerprint density at radius 3 is 2.44 bits per heavy atom. The first-order valence-electron chi connectivity index (χ1n) is 6.61. The van der Waals surface area contributed by atoms with Crippen molar-refractivity contribution in [2.45, 2.75) is 57.3 Å². The quantitative estimate of drug-likeness (QED) is 0.684. The van der Waals surface area contributed by atoms with E-state index in [0.717, 1.165) is 26.2 Å². The molecular formula is C13H23NO2. The van der Waals surface area contributed by atoms with Crippen molar-refractivity contribution in [3.05, 3.63) is 0 Å². The summed E-state index contributed by atoms with van der Waals surface area (Å²) in [6.45, 7) is 7.30. The Morgan fingerprint density at radius 1 is 1.06 bits per heavy atom. The molecule has 1 atom stereocenters. The molecule has 0 aromatic carbocycles.